The lowest BCUT2D eigenvalue weighted by Crippen LogP contribution is -2.37. The number of phosphoric acid groups is 1. The largest absolute Gasteiger partial charge is 0.756 e. The number of esters is 2. The SMILES string of the molecule is CC/C=C\C/C=C\C/C=C\C/C=C\CCCCCCCCCCC(=O)OC(COC(=O)CCCCCCCCC/C=C\CCCCCCCCC)COP(=O)([O-])OCC[N+](C)(C)C. The van der Waals surface area contributed by atoms with Crippen LogP contribution in [0.1, 0.15) is 213 Å². The fraction of sp³-hybridized carbons (Fsp3) is 0.774. The summed E-state index contributed by atoms with van der Waals surface area (Å²) in [5, 5.41) is 0. The number of quaternary nitrogens is 1. The van der Waals surface area contributed by atoms with E-state index in [1.165, 1.54) is 96.3 Å². The molecule has 366 valence electrons. The third-order valence-corrected chi connectivity index (χ3v) is 11.7. The van der Waals surface area contributed by atoms with Gasteiger partial charge < -0.3 is 27.9 Å². The van der Waals surface area contributed by atoms with Crippen LogP contribution in [0.3, 0.4) is 0 Å². The Morgan fingerprint density at radius 3 is 1.37 bits per heavy atom. The van der Waals surface area contributed by atoms with Crippen LogP contribution >= 0.6 is 7.82 Å². The van der Waals surface area contributed by atoms with Gasteiger partial charge in [-0.2, -0.15) is 0 Å². The van der Waals surface area contributed by atoms with Crippen molar-refractivity contribution in [1.82, 2.24) is 0 Å². The summed E-state index contributed by atoms with van der Waals surface area (Å²) in [6.07, 6.45) is 55.3. The first-order valence-corrected chi connectivity index (χ1v) is 27.0. The van der Waals surface area contributed by atoms with E-state index in [0.29, 0.717) is 17.4 Å². The zero-order valence-corrected chi connectivity index (χ0v) is 42.2. The van der Waals surface area contributed by atoms with Crippen molar-refractivity contribution < 1.29 is 42.1 Å². The highest BCUT2D eigenvalue weighted by atomic mass is 31.2. The molecule has 0 aliphatic rings. The van der Waals surface area contributed by atoms with Crippen molar-refractivity contribution in [3.05, 3.63) is 60.8 Å². The molecule has 0 aromatic rings. The highest BCUT2D eigenvalue weighted by Crippen LogP contribution is 2.38. The zero-order chi connectivity index (χ0) is 46.4. The molecule has 10 heteroatoms. The van der Waals surface area contributed by atoms with Gasteiger partial charge in [0, 0.05) is 12.8 Å². The summed E-state index contributed by atoms with van der Waals surface area (Å²) in [6, 6.07) is 0. The molecule has 0 aliphatic carbocycles. The first-order valence-electron chi connectivity index (χ1n) is 25.5. The number of rotatable bonds is 46. The van der Waals surface area contributed by atoms with Gasteiger partial charge in [0.1, 0.15) is 19.8 Å². The maximum absolute atomic E-state index is 12.7. The van der Waals surface area contributed by atoms with Gasteiger partial charge >= 0.3 is 11.9 Å². The molecule has 0 N–H and O–H groups in total. The zero-order valence-electron chi connectivity index (χ0n) is 41.3. The Kier molecular flexibility index (Phi) is 43.3. The molecule has 63 heavy (non-hydrogen) atoms. The number of unbranched alkanes of at least 4 members (excludes halogenated alkanes) is 22. The minimum atomic E-state index is -4.64. The number of carbonyl (C=O) groups excluding carboxylic acids is 2. The molecule has 9 nitrogen and oxygen atoms in total. The lowest BCUT2D eigenvalue weighted by Gasteiger charge is -2.28. The Balaban J connectivity index is 4.29. The van der Waals surface area contributed by atoms with Crippen LogP contribution in [0.5, 0.6) is 0 Å². The number of carbonyl (C=O) groups is 2. The van der Waals surface area contributed by atoms with Crippen molar-refractivity contribution in [2.75, 3.05) is 47.5 Å². The van der Waals surface area contributed by atoms with E-state index in [9.17, 15) is 19.0 Å². The standard InChI is InChI=1S/C53H96NO8P/c1-6-8-10-12-14-16-18-20-22-24-26-27-28-30-32-34-36-38-40-42-44-46-53(56)62-51(50-61-63(57,58)60-48-47-54(3,4)5)49-59-52(55)45-43-41-39-37-35-33-31-29-25-23-21-19-17-15-13-11-9-7-2/h8,10,14,16,20,22-23,25-27,51H,6-7,9,11-13,15,17-19,21,24,28-50H2,1-5H3/b10-8-,16-14-,22-20-,25-23-,27-26-. The van der Waals surface area contributed by atoms with Crippen molar-refractivity contribution in [3.63, 3.8) is 0 Å². The Morgan fingerprint density at radius 2 is 0.905 bits per heavy atom. The molecular formula is C53H96NO8P. The normalized spacial score (nSPS) is 13.9. The van der Waals surface area contributed by atoms with Gasteiger partial charge in [-0.15, -0.1) is 0 Å². The number of nitrogens with zero attached hydrogens (tertiary/aromatic N) is 1. The van der Waals surface area contributed by atoms with Crippen LogP contribution < -0.4 is 4.89 Å². The molecule has 0 aromatic heterocycles. The van der Waals surface area contributed by atoms with E-state index in [0.717, 1.165) is 83.5 Å². The average Bonchev–Trinajstić information content (AvgIpc) is 3.24. The van der Waals surface area contributed by atoms with Crippen LogP contribution in [0.15, 0.2) is 60.8 Å². The topological polar surface area (TPSA) is 111 Å². The molecule has 0 saturated carbocycles. The van der Waals surface area contributed by atoms with Crippen molar-refractivity contribution in [3.8, 4) is 0 Å². The molecule has 0 rings (SSSR count). The van der Waals surface area contributed by atoms with E-state index in [1.807, 2.05) is 21.1 Å². The van der Waals surface area contributed by atoms with Crippen molar-refractivity contribution in [1.29, 1.82) is 0 Å². The molecule has 2 atom stereocenters. The molecular weight excluding hydrogens is 810 g/mol. The summed E-state index contributed by atoms with van der Waals surface area (Å²) < 4.78 is 34.0. The van der Waals surface area contributed by atoms with Gasteiger partial charge in [0.05, 0.1) is 27.7 Å². The summed E-state index contributed by atoms with van der Waals surface area (Å²) in [5.74, 6) is -0.847. The predicted octanol–water partition coefficient (Wildman–Crippen LogP) is 14.6. The van der Waals surface area contributed by atoms with E-state index < -0.39 is 32.5 Å². The molecule has 0 bridgehead atoms. The molecule has 0 spiro atoms. The van der Waals surface area contributed by atoms with Crippen LogP contribution in [-0.2, 0) is 32.7 Å². The molecule has 0 heterocycles. The first-order chi connectivity index (χ1) is 30.5. The summed E-state index contributed by atoms with van der Waals surface area (Å²) >= 11 is 0. The lowest BCUT2D eigenvalue weighted by atomic mass is 10.1. The maximum atomic E-state index is 12.7. The van der Waals surface area contributed by atoms with Gasteiger partial charge in [-0.3, -0.25) is 14.2 Å². The van der Waals surface area contributed by atoms with Crippen LogP contribution in [0.2, 0.25) is 0 Å². The molecule has 0 radical (unpaired) electrons. The number of ether oxygens (including phenoxy) is 2. The molecule has 2 unspecified atom stereocenters. The van der Waals surface area contributed by atoms with Crippen molar-refractivity contribution >= 4 is 19.8 Å². The van der Waals surface area contributed by atoms with Crippen LogP contribution in [0.25, 0.3) is 0 Å². The van der Waals surface area contributed by atoms with Gasteiger partial charge in [-0.25, -0.2) is 0 Å². The quantitative estimate of drug-likeness (QED) is 0.0195. The second-order valence-electron chi connectivity index (χ2n) is 18.1. The van der Waals surface area contributed by atoms with E-state index in [2.05, 4.69) is 74.6 Å². The smallest absolute Gasteiger partial charge is 0.306 e. The summed E-state index contributed by atoms with van der Waals surface area (Å²) in [5.41, 5.74) is 0. The van der Waals surface area contributed by atoms with E-state index in [-0.39, 0.29) is 26.1 Å². The molecule has 0 fully saturated rings. The van der Waals surface area contributed by atoms with Gasteiger partial charge in [0.2, 0.25) is 0 Å². The van der Waals surface area contributed by atoms with Gasteiger partial charge in [-0.1, -0.05) is 184 Å². The van der Waals surface area contributed by atoms with Crippen molar-refractivity contribution in [2.24, 2.45) is 0 Å². The second-order valence-corrected chi connectivity index (χ2v) is 19.6. The second kappa shape index (κ2) is 44.9. The number of hydrogen-bond acceptors (Lipinski definition) is 8. The fourth-order valence-corrected chi connectivity index (χ4v) is 7.55. The van der Waals surface area contributed by atoms with Gasteiger partial charge in [0.25, 0.3) is 7.82 Å². The van der Waals surface area contributed by atoms with Crippen LogP contribution in [0.4, 0.5) is 0 Å². The third kappa shape index (κ3) is 49.0. The minimum absolute atomic E-state index is 0.0352. The minimum Gasteiger partial charge on any atom is -0.756 e. The highest BCUT2D eigenvalue weighted by molar-refractivity contribution is 7.45. The fourth-order valence-electron chi connectivity index (χ4n) is 6.82. The average molecular weight is 906 g/mol. The summed E-state index contributed by atoms with van der Waals surface area (Å²) in [4.78, 5) is 37.7. The number of hydrogen-bond donors (Lipinski definition) is 0. The number of allylic oxidation sites excluding steroid dienone is 10. The summed E-state index contributed by atoms with van der Waals surface area (Å²) in [6.45, 7) is 4.11. The molecule has 0 amide bonds. The Morgan fingerprint density at radius 1 is 0.508 bits per heavy atom. The highest BCUT2D eigenvalue weighted by Gasteiger charge is 2.21. The third-order valence-electron chi connectivity index (χ3n) is 10.8. The van der Waals surface area contributed by atoms with Crippen molar-refractivity contribution in [2.45, 2.75) is 219 Å². The van der Waals surface area contributed by atoms with Gasteiger partial charge in [0.15, 0.2) is 6.10 Å². The predicted molar refractivity (Wildman–Crippen MR) is 263 cm³/mol. The Bertz CT molecular complexity index is 1250. The van der Waals surface area contributed by atoms with Crippen LogP contribution in [-0.4, -0.2) is 70.0 Å². The van der Waals surface area contributed by atoms with E-state index in [4.69, 9.17) is 18.5 Å². The summed E-state index contributed by atoms with van der Waals surface area (Å²) in [7, 11) is 1.15. The lowest BCUT2D eigenvalue weighted by molar-refractivity contribution is -0.870. The Hall–Kier alpha value is -2.29. The molecule has 0 aliphatic heterocycles. The molecule has 0 saturated heterocycles. The number of likely N-dealkylation sites (N-methyl/N-ethyl adjacent to an activating group) is 1. The van der Waals surface area contributed by atoms with E-state index >= 15 is 0 Å². The van der Waals surface area contributed by atoms with E-state index in [1.54, 1.807) is 0 Å². The monoisotopic (exact) mass is 906 g/mol. The first kappa shape index (κ1) is 60.7. The maximum Gasteiger partial charge on any atom is 0.306 e. The van der Waals surface area contributed by atoms with Crippen LogP contribution in [0, 0.1) is 0 Å². The van der Waals surface area contributed by atoms with Gasteiger partial charge in [-0.05, 0) is 77.0 Å². The molecule has 0 aromatic carbocycles. The number of phosphoric ester groups is 1. The Labute approximate surface area is 387 Å².